The molecule has 0 aromatic rings. The third kappa shape index (κ3) is 9.40. The van der Waals surface area contributed by atoms with Crippen molar-refractivity contribution in [1.29, 1.82) is 0 Å². The molecule has 5 N–H and O–H groups in total. The lowest BCUT2D eigenvalue weighted by atomic mass is 10.1. The molecule has 7 nitrogen and oxygen atoms in total. The summed E-state index contributed by atoms with van der Waals surface area (Å²) in [5.74, 6) is -1.36. The van der Waals surface area contributed by atoms with Crippen molar-refractivity contribution in [2.75, 3.05) is 19.8 Å². The van der Waals surface area contributed by atoms with E-state index in [0.29, 0.717) is 19.6 Å². The van der Waals surface area contributed by atoms with Crippen LogP contribution < -0.4 is 11.1 Å². The van der Waals surface area contributed by atoms with Gasteiger partial charge in [-0.1, -0.05) is 0 Å². The lowest BCUT2D eigenvalue weighted by Crippen LogP contribution is -2.35. The molecule has 0 fully saturated rings. The highest BCUT2D eigenvalue weighted by molar-refractivity contribution is 5.78. The quantitative estimate of drug-likeness (QED) is 0.398. The van der Waals surface area contributed by atoms with E-state index in [1.807, 2.05) is 13.8 Å². The number of carbonyl (C=O) groups is 2. The fourth-order valence-corrected chi connectivity index (χ4v) is 1.36. The molecule has 7 heteroatoms. The Morgan fingerprint density at radius 1 is 1.42 bits per heavy atom. The van der Waals surface area contributed by atoms with E-state index >= 15 is 0 Å². The molecule has 0 rings (SSSR count). The number of carboxylic acid groups (broad SMARTS) is 1. The molecule has 0 saturated carbocycles. The van der Waals surface area contributed by atoms with Gasteiger partial charge in [0.2, 0.25) is 5.91 Å². The maximum atomic E-state index is 11.4. The fourth-order valence-electron chi connectivity index (χ4n) is 1.36. The zero-order valence-electron chi connectivity index (χ0n) is 11.5. The first-order valence-electron chi connectivity index (χ1n) is 6.28. The maximum absolute atomic E-state index is 11.4. The molecular weight excluding hydrogens is 252 g/mol. The summed E-state index contributed by atoms with van der Waals surface area (Å²) in [4.78, 5) is 21.8. The molecule has 0 saturated heterocycles. The molecule has 0 spiro atoms. The van der Waals surface area contributed by atoms with Gasteiger partial charge in [0.1, 0.15) is 6.04 Å². The van der Waals surface area contributed by atoms with Crippen LogP contribution >= 0.6 is 0 Å². The summed E-state index contributed by atoms with van der Waals surface area (Å²) < 4.78 is 5.49. The highest BCUT2D eigenvalue weighted by atomic mass is 16.5. The molecule has 19 heavy (non-hydrogen) atoms. The van der Waals surface area contributed by atoms with Crippen molar-refractivity contribution in [1.82, 2.24) is 5.32 Å². The lowest BCUT2D eigenvalue weighted by Gasteiger charge is -2.24. The summed E-state index contributed by atoms with van der Waals surface area (Å²) in [6.07, 6.45) is 0.708. The first kappa shape index (κ1) is 17.8. The van der Waals surface area contributed by atoms with Gasteiger partial charge in [-0.25, -0.2) is 0 Å². The second-order valence-corrected chi connectivity index (χ2v) is 4.92. The number of carboxylic acids is 1. The van der Waals surface area contributed by atoms with Crippen LogP contribution in [0.2, 0.25) is 0 Å². The van der Waals surface area contributed by atoms with Gasteiger partial charge >= 0.3 is 5.97 Å². The van der Waals surface area contributed by atoms with Crippen molar-refractivity contribution in [2.24, 2.45) is 5.73 Å². The Kier molecular flexibility index (Phi) is 8.29. The average molecular weight is 276 g/mol. The van der Waals surface area contributed by atoms with E-state index in [-0.39, 0.29) is 25.4 Å². The summed E-state index contributed by atoms with van der Waals surface area (Å²) >= 11 is 0. The monoisotopic (exact) mass is 276 g/mol. The lowest BCUT2D eigenvalue weighted by molar-refractivity contribution is -0.138. The van der Waals surface area contributed by atoms with Crippen LogP contribution in [0.3, 0.4) is 0 Å². The number of hydrogen-bond donors (Lipinski definition) is 4. The molecule has 0 bridgehead atoms. The van der Waals surface area contributed by atoms with Crippen molar-refractivity contribution in [2.45, 2.75) is 44.8 Å². The van der Waals surface area contributed by atoms with Gasteiger partial charge in [-0.05, 0) is 26.7 Å². The van der Waals surface area contributed by atoms with E-state index in [1.165, 1.54) is 0 Å². The first-order chi connectivity index (χ1) is 8.78. The Hall–Kier alpha value is -1.18. The molecule has 1 unspecified atom stereocenters. The van der Waals surface area contributed by atoms with Gasteiger partial charge in [-0.15, -0.1) is 0 Å². The fraction of sp³-hybridized carbons (Fsp3) is 0.833. The number of aliphatic hydroxyl groups excluding tert-OH is 1. The van der Waals surface area contributed by atoms with Gasteiger partial charge in [0.15, 0.2) is 0 Å². The molecule has 0 aromatic heterocycles. The van der Waals surface area contributed by atoms with Crippen molar-refractivity contribution >= 4 is 11.9 Å². The predicted octanol–water partition coefficient (Wildman–Crippen LogP) is -0.528. The minimum atomic E-state index is -1.11. The van der Waals surface area contributed by atoms with Crippen molar-refractivity contribution in [3.63, 3.8) is 0 Å². The van der Waals surface area contributed by atoms with Crippen LogP contribution in [0.5, 0.6) is 0 Å². The normalized spacial score (nSPS) is 13.1. The van der Waals surface area contributed by atoms with Crippen LogP contribution in [-0.4, -0.2) is 53.5 Å². The number of nitrogens with two attached hydrogens (primary N) is 1. The van der Waals surface area contributed by atoms with E-state index in [4.69, 9.17) is 20.7 Å². The molecule has 0 aliphatic heterocycles. The van der Waals surface area contributed by atoms with Crippen molar-refractivity contribution in [3.8, 4) is 0 Å². The van der Waals surface area contributed by atoms with Crippen LogP contribution in [0.15, 0.2) is 0 Å². The molecule has 112 valence electrons. The van der Waals surface area contributed by atoms with Crippen LogP contribution in [0.25, 0.3) is 0 Å². The Morgan fingerprint density at radius 3 is 2.58 bits per heavy atom. The summed E-state index contributed by atoms with van der Waals surface area (Å²) in [5, 5.41) is 20.0. The number of aliphatic carboxylic acids is 1. The minimum Gasteiger partial charge on any atom is -0.480 e. The molecule has 1 atom stereocenters. The van der Waals surface area contributed by atoms with Gasteiger partial charge in [-0.3, -0.25) is 9.59 Å². The molecule has 0 aromatic carbocycles. The van der Waals surface area contributed by atoms with E-state index in [2.05, 4.69) is 5.32 Å². The number of rotatable bonds is 10. The maximum Gasteiger partial charge on any atom is 0.320 e. The Morgan fingerprint density at radius 2 is 2.05 bits per heavy atom. The number of hydrogen-bond acceptors (Lipinski definition) is 5. The number of aliphatic hydroxyl groups is 1. The highest BCUT2D eigenvalue weighted by Crippen LogP contribution is 2.12. The molecule has 0 aliphatic carbocycles. The van der Waals surface area contributed by atoms with Crippen LogP contribution in [0.1, 0.15) is 33.1 Å². The standard InChI is InChI=1S/C12H24N2O5/c1-12(2,5-7-15)19-8-6-14-10(16)4-3-9(13)11(17)18/h9,15H,3-8,13H2,1-2H3,(H,14,16)(H,17,18). The number of nitrogens with one attached hydrogen (secondary N) is 1. The number of ether oxygens (including phenoxy) is 1. The predicted molar refractivity (Wildman–Crippen MR) is 69.6 cm³/mol. The SMILES string of the molecule is CC(C)(CCO)OCCNC(=O)CCC(N)C(=O)O. The molecule has 0 heterocycles. The summed E-state index contributed by atoms with van der Waals surface area (Å²) in [5.41, 5.74) is 4.86. The summed E-state index contributed by atoms with van der Waals surface area (Å²) in [6, 6.07) is -1.01. The van der Waals surface area contributed by atoms with Gasteiger partial charge in [0, 0.05) is 19.6 Å². The second kappa shape index (κ2) is 8.84. The summed E-state index contributed by atoms with van der Waals surface area (Å²) in [6.45, 7) is 4.44. The smallest absolute Gasteiger partial charge is 0.320 e. The Labute approximate surface area is 113 Å². The van der Waals surface area contributed by atoms with E-state index in [0.717, 1.165) is 0 Å². The molecule has 0 aliphatic rings. The zero-order chi connectivity index (χ0) is 14.9. The van der Waals surface area contributed by atoms with Gasteiger partial charge in [-0.2, -0.15) is 0 Å². The van der Waals surface area contributed by atoms with Crippen molar-refractivity contribution < 1.29 is 24.5 Å². The van der Waals surface area contributed by atoms with E-state index < -0.39 is 17.6 Å². The number of carbonyl (C=O) groups excluding carboxylic acids is 1. The van der Waals surface area contributed by atoms with Gasteiger partial charge in [0.25, 0.3) is 0 Å². The largest absolute Gasteiger partial charge is 0.480 e. The third-order valence-electron chi connectivity index (χ3n) is 2.63. The van der Waals surface area contributed by atoms with Crippen LogP contribution in [-0.2, 0) is 14.3 Å². The van der Waals surface area contributed by atoms with Gasteiger partial charge in [0.05, 0.1) is 12.2 Å². The Balaban J connectivity index is 3.67. The third-order valence-corrected chi connectivity index (χ3v) is 2.63. The Bertz CT molecular complexity index is 294. The topological polar surface area (TPSA) is 122 Å². The van der Waals surface area contributed by atoms with Crippen LogP contribution in [0.4, 0.5) is 0 Å². The molecule has 0 radical (unpaired) electrons. The van der Waals surface area contributed by atoms with Gasteiger partial charge < -0.3 is 26.0 Å². The molecular formula is C12H24N2O5. The average Bonchev–Trinajstić information content (AvgIpc) is 2.31. The van der Waals surface area contributed by atoms with Crippen molar-refractivity contribution in [3.05, 3.63) is 0 Å². The zero-order valence-corrected chi connectivity index (χ0v) is 11.5. The minimum absolute atomic E-state index is 0.0481. The number of amides is 1. The molecule has 1 amide bonds. The highest BCUT2D eigenvalue weighted by Gasteiger charge is 2.17. The van der Waals surface area contributed by atoms with Crippen LogP contribution in [0, 0.1) is 0 Å². The first-order valence-corrected chi connectivity index (χ1v) is 6.28. The van der Waals surface area contributed by atoms with E-state index in [9.17, 15) is 9.59 Å². The second-order valence-electron chi connectivity index (χ2n) is 4.92. The summed E-state index contributed by atoms with van der Waals surface area (Å²) in [7, 11) is 0. The van der Waals surface area contributed by atoms with E-state index in [1.54, 1.807) is 0 Å².